The van der Waals surface area contributed by atoms with Gasteiger partial charge in [0.25, 0.3) is 5.91 Å². The number of aromatic nitrogens is 3. The van der Waals surface area contributed by atoms with Gasteiger partial charge in [0.05, 0.1) is 18.5 Å². The minimum absolute atomic E-state index is 0.0179. The van der Waals surface area contributed by atoms with Crippen molar-refractivity contribution in [3.05, 3.63) is 65.5 Å². The highest BCUT2D eigenvalue weighted by atomic mass is 16.5. The van der Waals surface area contributed by atoms with E-state index in [1.54, 1.807) is 23.6 Å². The summed E-state index contributed by atoms with van der Waals surface area (Å²) in [5.41, 5.74) is 3.07. The maximum atomic E-state index is 12.9. The highest BCUT2D eigenvalue weighted by molar-refractivity contribution is 6.04. The molecule has 1 aromatic heterocycles. The van der Waals surface area contributed by atoms with E-state index in [1.165, 1.54) is 6.92 Å². The number of ether oxygens (including phenoxy) is 1. The molecule has 0 aliphatic rings. The van der Waals surface area contributed by atoms with E-state index in [4.69, 9.17) is 4.74 Å². The Morgan fingerprint density at radius 3 is 2.63 bits per heavy atom. The Labute approximate surface area is 175 Å². The summed E-state index contributed by atoms with van der Waals surface area (Å²) in [5.74, 6) is 0.309. The van der Waals surface area contributed by atoms with Gasteiger partial charge in [0.1, 0.15) is 5.75 Å². The van der Waals surface area contributed by atoms with Crippen LogP contribution in [-0.2, 0) is 11.3 Å². The normalized spacial score (nSPS) is 10.5. The van der Waals surface area contributed by atoms with Crippen molar-refractivity contribution in [3.63, 3.8) is 0 Å². The van der Waals surface area contributed by atoms with Gasteiger partial charge in [-0.05, 0) is 37.6 Å². The monoisotopic (exact) mass is 407 g/mol. The van der Waals surface area contributed by atoms with Crippen LogP contribution in [-0.4, -0.2) is 45.4 Å². The summed E-state index contributed by atoms with van der Waals surface area (Å²) in [6.45, 7) is 6.24. The van der Waals surface area contributed by atoms with Gasteiger partial charge in [-0.3, -0.25) is 9.59 Å². The van der Waals surface area contributed by atoms with Crippen LogP contribution in [0.3, 0.4) is 0 Å². The lowest BCUT2D eigenvalue weighted by Crippen LogP contribution is -2.28. The molecule has 3 aromatic rings. The molecule has 0 aliphatic carbocycles. The van der Waals surface area contributed by atoms with Crippen molar-refractivity contribution in [1.29, 1.82) is 0 Å². The van der Waals surface area contributed by atoms with Gasteiger partial charge < -0.3 is 15.0 Å². The lowest BCUT2D eigenvalue weighted by Gasteiger charge is -2.20. The Kier molecular flexibility index (Phi) is 6.46. The van der Waals surface area contributed by atoms with E-state index in [0.717, 1.165) is 11.3 Å². The van der Waals surface area contributed by atoms with Gasteiger partial charge in [0.15, 0.2) is 5.69 Å². The van der Waals surface area contributed by atoms with E-state index in [2.05, 4.69) is 15.6 Å². The maximum absolute atomic E-state index is 12.9. The zero-order valence-electron chi connectivity index (χ0n) is 17.5. The number of nitrogens with one attached hydrogen (secondary N) is 1. The lowest BCUT2D eigenvalue weighted by atomic mass is 10.1. The van der Waals surface area contributed by atoms with E-state index >= 15 is 0 Å². The van der Waals surface area contributed by atoms with Crippen molar-refractivity contribution in [3.8, 4) is 11.4 Å². The highest BCUT2D eigenvalue weighted by Gasteiger charge is 2.19. The number of rotatable bonds is 7. The largest absolute Gasteiger partial charge is 0.497 e. The second-order valence-corrected chi connectivity index (χ2v) is 6.78. The van der Waals surface area contributed by atoms with Crippen molar-refractivity contribution in [1.82, 2.24) is 19.9 Å². The molecule has 0 aliphatic heterocycles. The molecule has 0 fully saturated rings. The molecule has 0 saturated carbocycles. The van der Waals surface area contributed by atoms with Gasteiger partial charge in [-0.2, -0.15) is 0 Å². The molecule has 2 amide bonds. The third-order valence-corrected chi connectivity index (χ3v) is 4.86. The van der Waals surface area contributed by atoms with Gasteiger partial charge >= 0.3 is 0 Å². The van der Waals surface area contributed by atoms with Crippen LogP contribution >= 0.6 is 0 Å². The molecular weight excluding hydrogens is 382 g/mol. The van der Waals surface area contributed by atoms with E-state index in [0.29, 0.717) is 30.2 Å². The van der Waals surface area contributed by atoms with Crippen LogP contribution in [0.25, 0.3) is 5.69 Å². The van der Waals surface area contributed by atoms with Crippen LogP contribution in [0, 0.1) is 6.92 Å². The Morgan fingerprint density at radius 1 is 1.17 bits per heavy atom. The zero-order valence-corrected chi connectivity index (χ0v) is 17.5. The zero-order chi connectivity index (χ0) is 21.7. The molecule has 0 unspecified atom stereocenters. The minimum Gasteiger partial charge on any atom is -0.497 e. The third kappa shape index (κ3) is 4.48. The second kappa shape index (κ2) is 9.21. The Morgan fingerprint density at radius 2 is 1.93 bits per heavy atom. The molecule has 2 aromatic carbocycles. The van der Waals surface area contributed by atoms with Crippen LogP contribution in [0.2, 0.25) is 0 Å². The van der Waals surface area contributed by atoms with Crippen LogP contribution in [0.1, 0.15) is 35.6 Å². The van der Waals surface area contributed by atoms with Gasteiger partial charge in [0.2, 0.25) is 5.91 Å². The number of carbonyl (C=O) groups excluding carboxylic acids is 2. The predicted molar refractivity (Wildman–Crippen MR) is 114 cm³/mol. The van der Waals surface area contributed by atoms with Gasteiger partial charge in [-0.15, -0.1) is 5.10 Å². The first-order chi connectivity index (χ1) is 14.4. The van der Waals surface area contributed by atoms with E-state index in [-0.39, 0.29) is 17.5 Å². The van der Waals surface area contributed by atoms with Crippen LogP contribution in [0.15, 0.2) is 48.5 Å². The number of carbonyl (C=O) groups is 2. The second-order valence-electron chi connectivity index (χ2n) is 6.78. The van der Waals surface area contributed by atoms with Crippen LogP contribution in [0.4, 0.5) is 5.69 Å². The van der Waals surface area contributed by atoms with Crippen molar-refractivity contribution in [2.75, 3.05) is 19.0 Å². The van der Waals surface area contributed by atoms with E-state index in [9.17, 15) is 9.59 Å². The van der Waals surface area contributed by atoms with Crippen molar-refractivity contribution < 1.29 is 14.3 Å². The molecule has 8 heteroatoms. The summed E-state index contributed by atoms with van der Waals surface area (Å²) in [6, 6.07) is 14.8. The fourth-order valence-corrected chi connectivity index (χ4v) is 3.14. The average Bonchev–Trinajstić information content (AvgIpc) is 3.14. The van der Waals surface area contributed by atoms with E-state index in [1.807, 2.05) is 55.5 Å². The van der Waals surface area contributed by atoms with Gasteiger partial charge in [0, 0.05) is 31.8 Å². The predicted octanol–water partition coefficient (Wildman–Crippen LogP) is 3.21. The Balaban J connectivity index is 1.84. The molecule has 0 bridgehead atoms. The number of methoxy groups -OCH3 is 1. The summed E-state index contributed by atoms with van der Waals surface area (Å²) in [6.07, 6.45) is 0. The quantitative estimate of drug-likeness (QED) is 0.650. The molecule has 8 nitrogen and oxygen atoms in total. The first-order valence-electron chi connectivity index (χ1n) is 9.66. The van der Waals surface area contributed by atoms with E-state index < -0.39 is 0 Å². The fraction of sp³-hybridized carbons (Fsp3) is 0.273. The smallest absolute Gasteiger partial charge is 0.278 e. The molecular formula is C22H25N5O3. The molecule has 3 rings (SSSR count). The SMILES string of the molecule is CCN(Cc1ccccc1NC(=O)c1nnn(-c2cccc(OC)c2)c1C)C(C)=O. The Hall–Kier alpha value is -3.68. The van der Waals surface area contributed by atoms with Gasteiger partial charge in [-0.25, -0.2) is 4.68 Å². The maximum Gasteiger partial charge on any atom is 0.278 e. The van der Waals surface area contributed by atoms with Crippen molar-refractivity contribution in [2.45, 2.75) is 27.3 Å². The number of hydrogen-bond acceptors (Lipinski definition) is 5. The first-order valence-corrected chi connectivity index (χ1v) is 9.66. The number of nitrogens with zero attached hydrogens (tertiary/aromatic N) is 4. The fourth-order valence-electron chi connectivity index (χ4n) is 3.14. The van der Waals surface area contributed by atoms with Gasteiger partial charge in [-0.1, -0.05) is 29.5 Å². The summed E-state index contributed by atoms with van der Waals surface area (Å²) in [7, 11) is 1.59. The first kappa shape index (κ1) is 21.0. The molecule has 30 heavy (non-hydrogen) atoms. The lowest BCUT2D eigenvalue weighted by molar-refractivity contribution is -0.129. The molecule has 0 spiro atoms. The minimum atomic E-state index is -0.361. The molecule has 0 radical (unpaired) electrons. The van der Waals surface area contributed by atoms with Crippen LogP contribution in [0.5, 0.6) is 5.75 Å². The number of para-hydroxylation sites is 1. The third-order valence-electron chi connectivity index (χ3n) is 4.86. The number of hydrogen-bond donors (Lipinski definition) is 1. The number of amides is 2. The average molecular weight is 407 g/mol. The van der Waals surface area contributed by atoms with Crippen molar-refractivity contribution in [2.24, 2.45) is 0 Å². The summed E-state index contributed by atoms with van der Waals surface area (Å²) in [5, 5.41) is 11.1. The number of benzene rings is 2. The van der Waals surface area contributed by atoms with Crippen molar-refractivity contribution >= 4 is 17.5 Å². The standard InChI is InChI=1S/C22H25N5O3/c1-5-26(16(3)28)14-17-9-6-7-12-20(17)23-22(29)21-15(2)27(25-24-21)18-10-8-11-19(13-18)30-4/h6-13H,5,14H2,1-4H3,(H,23,29). The Bertz CT molecular complexity index is 1060. The molecule has 0 atom stereocenters. The summed E-state index contributed by atoms with van der Waals surface area (Å²) >= 11 is 0. The molecule has 156 valence electrons. The highest BCUT2D eigenvalue weighted by Crippen LogP contribution is 2.21. The molecule has 1 N–H and O–H groups in total. The topological polar surface area (TPSA) is 89.3 Å². The summed E-state index contributed by atoms with van der Waals surface area (Å²) < 4.78 is 6.85. The summed E-state index contributed by atoms with van der Waals surface area (Å²) in [4.78, 5) is 26.4. The molecule has 1 heterocycles. The molecule has 0 saturated heterocycles. The van der Waals surface area contributed by atoms with Crippen LogP contribution < -0.4 is 10.1 Å². The number of anilines is 1.